The number of aliphatic hydroxyl groups excluding tert-OH is 2. The topological polar surface area (TPSA) is 57.5 Å². The van der Waals surface area contributed by atoms with E-state index in [1.165, 1.54) is 0 Å². The van der Waals surface area contributed by atoms with Gasteiger partial charge in [-0.05, 0) is 23.2 Å². The van der Waals surface area contributed by atoms with Gasteiger partial charge in [0.1, 0.15) is 5.78 Å². The van der Waals surface area contributed by atoms with Crippen molar-refractivity contribution in [3.05, 3.63) is 0 Å². The minimum atomic E-state index is -0.549. The van der Waals surface area contributed by atoms with Crippen molar-refractivity contribution >= 4 is 5.78 Å². The van der Waals surface area contributed by atoms with Gasteiger partial charge < -0.3 is 10.2 Å². The van der Waals surface area contributed by atoms with Crippen molar-refractivity contribution in [1.82, 2.24) is 0 Å². The summed E-state index contributed by atoms with van der Waals surface area (Å²) in [6.07, 6.45) is 0.00462. The summed E-state index contributed by atoms with van der Waals surface area (Å²) >= 11 is 0. The van der Waals surface area contributed by atoms with E-state index < -0.39 is 12.2 Å². The molecule has 18 heavy (non-hydrogen) atoms. The molecule has 4 unspecified atom stereocenters. The fraction of sp³-hybridized carbons (Fsp3) is 0.933. The second-order valence-electron chi connectivity index (χ2n) is 7.63. The smallest absolute Gasteiger partial charge is 0.137 e. The minimum Gasteiger partial charge on any atom is -0.392 e. The van der Waals surface area contributed by atoms with Crippen LogP contribution in [0.3, 0.4) is 0 Å². The zero-order chi connectivity index (χ0) is 13.5. The molecule has 4 saturated carbocycles. The molecule has 0 aliphatic heterocycles. The first-order chi connectivity index (χ1) is 8.22. The first kappa shape index (κ1) is 12.6. The predicted octanol–water partition coefficient (Wildman–Crippen LogP) is 1.62. The van der Waals surface area contributed by atoms with Gasteiger partial charge in [-0.25, -0.2) is 0 Å². The molecule has 102 valence electrons. The highest BCUT2D eigenvalue weighted by Crippen LogP contribution is 2.72. The van der Waals surface area contributed by atoms with Crippen LogP contribution >= 0.6 is 0 Å². The van der Waals surface area contributed by atoms with Crippen molar-refractivity contribution in [2.75, 3.05) is 0 Å². The minimum absolute atomic E-state index is 0.0409. The van der Waals surface area contributed by atoms with Crippen molar-refractivity contribution in [1.29, 1.82) is 0 Å². The lowest BCUT2D eigenvalue weighted by Gasteiger charge is -2.68. The van der Waals surface area contributed by atoms with Crippen molar-refractivity contribution in [3.8, 4) is 0 Å². The van der Waals surface area contributed by atoms with E-state index in [-0.39, 0.29) is 22.7 Å². The monoisotopic (exact) mass is 252 g/mol. The van der Waals surface area contributed by atoms with Crippen molar-refractivity contribution in [2.45, 2.75) is 52.7 Å². The number of hydrogen-bond acceptors (Lipinski definition) is 3. The van der Waals surface area contributed by atoms with Gasteiger partial charge in [0.15, 0.2) is 0 Å². The van der Waals surface area contributed by atoms with E-state index >= 15 is 0 Å². The number of carbonyl (C=O) groups excluding carboxylic acids is 1. The van der Waals surface area contributed by atoms with Gasteiger partial charge in [-0.2, -0.15) is 0 Å². The molecule has 4 rings (SSSR count). The molecule has 0 amide bonds. The molecule has 3 nitrogen and oxygen atoms in total. The molecule has 0 aromatic rings. The second kappa shape index (κ2) is 3.37. The lowest BCUT2D eigenvalue weighted by atomic mass is 9.35. The quantitative estimate of drug-likeness (QED) is 0.688. The molecule has 3 heteroatoms. The Morgan fingerprint density at radius 3 is 2.28 bits per heavy atom. The number of carbonyl (C=O) groups is 1. The summed E-state index contributed by atoms with van der Waals surface area (Å²) < 4.78 is 0. The molecule has 4 bridgehead atoms. The van der Waals surface area contributed by atoms with Crippen LogP contribution in [0.15, 0.2) is 0 Å². The van der Waals surface area contributed by atoms with Crippen LogP contribution in [-0.2, 0) is 4.79 Å². The number of aliphatic hydroxyl groups is 2. The number of hydrogen-bond donors (Lipinski definition) is 2. The number of rotatable bonds is 0. The first-order valence-electron chi connectivity index (χ1n) is 7.11. The third kappa shape index (κ3) is 1.16. The number of ketones is 1. The molecule has 0 aromatic carbocycles. The maximum Gasteiger partial charge on any atom is 0.137 e. The van der Waals surface area contributed by atoms with Crippen LogP contribution in [0.5, 0.6) is 0 Å². The molecule has 4 aliphatic rings. The maximum atomic E-state index is 12.4. The van der Waals surface area contributed by atoms with Crippen LogP contribution in [0.1, 0.15) is 40.5 Å². The summed E-state index contributed by atoms with van der Waals surface area (Å²) in [5.74, 6) is 1.21. The van der Waals surface area contributed by atoms with Gasteiger partial charge in [-0.15, -0.1) is 0 Å². The second-order valence-corrected chi connectivity index (χ2v) is 7.63. The molecule has 0 spiro atoms. The summed E-state index contributed by atoms with van der Waals surface area (Å²) in [5.41, 5.74) is -0.565. The Balaban J connectivity index is 2.13. The first-order valence-corrected chi connectivity index (χ1v) is 7.11. The van der Waals surface area contributed by atoms with Crippen LogP contribution in [0, 0.1) is 34.5 Å². The van der Waals surface area contributed by atoms with Crippen LogP contribution < -0.4 is 0 Å². The Bertz CT molecular complexity index is 403. The highest BCUT2D eigenvalue weighted by atomic mass is 16.3. The van der Waals surface area contributed by atoms with E-state index in [1.807, 2.05) is 0 Å². The number of Topliss-reactive ketones (excluding diaryl/α,β-unsaturated/α-hetero) is 1. The van der Waals surface area contributed by atoms with E-state index in [2.05, 4.69) is 27.7 Å². The molecule has 4 fully saturated rings. The SMILES string of the molecule is C[C@H]1CC(=O)C2C3C1C2(C)[C@H](O)C[C@@H](O)C3(C)C. The van der Waals surface area contributed by atoms with E-state index in [0.717, 1.165) is 0 Å². The summed E-state index contributed by atoms with van der Waals surface area (Å²) in [6, 6.07) is 0. The van der Waals surface area contributed by atoms with Gasteiger partial charge in [0.2, 0.25) is 0 Å². The molecule has 0 radical (unpaired) electrons. The zero-order valence-electron chi connectivity index (χ0n) is 11.7. The third-order valence-electron chi connectivity index (χ3n) is 6.50. The summed E-state index contributed by atoms with van der Waals surface area (Å²) in [4.78, 5) is 12.4. The summed E-state index contributed by atoms with van der Waals surface area (Å²) in [7, 11) is 0. The highest BCUT2D eigenvalue weighted by molar-refractivity contribution is 5.86. The molecule has 0 heterocycles. The van der Waals surface area contributed by atoms with Crippen molar-refractivity contribution < 1.29 is 15.0 Å². The molecule has 7 atom stereocenters. The van der Waals surface area contributed by atoms with Gasteiger partial charge in [-0.1, -0.05) is 27.7 Å². The van der Waals surface area contributed by atoms with Crippen LogP contribution in [0.4, 0.5) is 0 Å². The molecular weight excluding hydrogens is 228 g/mol. The van der Waals surface area contributed by atoms with E-state index in [1.54, 1.807) is 0 Å². The van der Waals surface area contributed by atoms with Gasteiger partial charge >= 0.3 is 0 Å². The Morgan fingerprint density at radius 1 is 1.11 bits per heavy atom. The molecule has 2 N–H and O–H groups in total. The molecular formula is C15H24O3. The van der Waals surface area contributed by atoms with Crippen molar-refractivity contribution in [3.63, 3.8) is 0 Å². The molecule has 0 saturated heterocycles. The predicted molar refractivity (Wildman–Crippen MR) is 67.8 cm³/mol. The van der Waals surface area contributed by atoms with Gasteiger partial charge in [0.25, 0.3) is 0 Å². The normalized spacial score (nSPS) is 57.8. The lowest BCUT2D eigenvalue weighted by molar-refractivity contribution is -0.231. The summed E-state index contributed by atoms with van der Waals surface area (Å²) in [5, 5.41) is 20.8. The van der Waals surface area contributed by atoms with Crippen LogP contribution in [0.25, 0.3) is 0 Å². The Kier molecular flexibility index (Phi) is 2.36. The van der Waals surface area contributed by atoms with Gasteiger partial charge in [0, 0.05) is 24.2 Å². The molecule has 4 aliphatic carbocycles. The fourth-order valence-corrected chi connectivity index (χ4v) is 5.47. The van der Waals surface area contributed by atoms with Gasteiger partial charge in [-0.3, -0.25) is 4.79 Å². The third-order valence-corrected chi connectivity index (χ3v) is 6.50. The average Bonchev–Trinajstić information content (AvgIpc) is 2.31. The van der Waals surface area contributed by atoms with E-state index in [0.29, 0.717) is 30.5 Å². The van der Waals surface area contributed by atoms with Crippen LogP contribution in [-0.4, -0.2) is 28.2 Å². The standard InChI is InChI=1S/C15H24O3/c1-7-5-8(16)12-13-11(7)15(12,4)10(18)6-9(17)14(13,2)3/h7,9-13,17-18H,5-6H2,1-4H3/t7-,9+,10+,11?,12?,13?,15?/m0/s1. The van der Waals surface area contributed by atoms with E-state index in [4.69, 9.17) is 0 Å². The average molecular weight is 252 g/mol. The Morgan fingerprint density at radius 2 is 1.72 bits per heavy atom. The van der Waals surface area contributed by atoms with E-state index in [9.17, 15) is 15.0 Å². The maximum absolute atomic E-state index is 12.4. The Labute approximate surface area is 109 Å². The summed E-state index contributed by atoms with van der Waals surface area (Å²) in [6.45, 7) is 8.31. The largest absolute Gasteiger partial charge is 0.392 e. The lowest BCUT2D eigenvalue weighted by Crippen LogP contribution is -2.70. The Hall–Kier alpha value is -0.410. The van der Waals surface area contributed by atoms with Crippen LogP contribution in [0.2, 0.25) is 0 Å². The highest BCUT2D eigenvalue weighted by Gasteiger charge is 2.74. The molecule has 0 aromatic heterocycles. The van der Waals surface area contributed by atoms with Gasteiger partial charge in [0.05, 0.1) is 12.2 Å². The fourth-order valence-electron chi connectivity index (χ4n) is 5.47. The number of fused-ring (bicyclic) bond motifs is 2. The van der Waals surface area contributed by atoms with Crippen molar-refractivity contribution in [2.24, 2.45) is 34.5 Å². The zero-order valence-corrected chi connectivity index (χ0v) is 11.7.